The Labute approximate surface area is 193 Å². The first-order chi connectivity index (χ1) is 16.0. The standard InChI is InChI=1S/C21H26N6O5S/c1-32-10-9-25-14-22-19-18(25)20(30)27(13-17(29)24-23-16(28)8-11-33-2)21(31)26(19)12-15-6-4-3-5-7-15/h3-7,14H,8-13H2,1-2H3,(H,23,28)(H,24,29). The molecular weight excluding hydrogens is 448 g/mol. The lowest BCUT2D eigenvalue weighted by molar-refractivity contribution is -0.129. The van der Waals surface area contributed by atoms with Gasteiger partial charge >= 0.3 is 5.69 Å². The van der Waals surface area contributed by atoms with Crippen molar-refractivity contribution < 1.29 is 14.3 Å². The van der Waals surface area contributed by atoms with Crippen LogP contribution in [0.15, 0.2) is 46.2 Å². The Morgan fingerprint density at radius 3 is 2.52 bits per heavy atom. The summed E-state index contributed by atoms with van der Waals surface area (Å²) in [5.41, 5.74) is 4.50. The van der Waals surface area contributed by atoms with Crippen molar-refractivity contribution in [2.45, 2.75) is 26.1 Å². The van der Waals surface area contributed by atoms with E-state index in [0.29, 0.717) is 18.9 Å². The van der Waals surface area contributed by atoms with E-state index < -0.39 is 23.7 Å². The fourth-order valence-corrected chi connectivity index (χ4v) is 3.62. The first kappa shape index (κ1) is 24.3. The predicted octanol–water partition coefficient (Wildman–Crippen LogP) is -0.0451. The second-order valence-corrected chi connectivity index (χ2v) is 8.17. The van der Waals surface area contributed by atoms with Crippen LogP contribution in [0.5, 0.6) is 0 Å². The second kappa shape index (κ2) is 11.5. The first-order valence-corrected chi connectivity index (χ1v) is 11.6. The Hall–Kier alpha value is -3.38. The lowest BCUT2D eigenvalue weighted by atomic mass is 10.2. The van der Waals surface area contributed by atoms with Crippen molar-refractivity contribution >= 4 is 34.7 Å². The number of benzene rings is 1. The Kier molecular flexibility index (Phi) is 8.44. The third-order valence-electron chi connectivity index (χ3n) is 4.88. The van der Waals surface area contributed by atoms with Gasteiger partial charge in [-0.05, 0) is 11.8 Å². The molecule has 0 atom stereocenters. The molecule has 0 fully saturated rings. The van der Waals surface area contributed by atoms with Crippen LogP contribution in [-0.4, -0.2) is 56.2 Å². The van der Waals surface area contributed by atoms with E-state index in [0.717, 1.165) is 10.1 Å². The Bertz CT molecular complexity index is 1230. The van der Waals surface area contributed by atoms with Crippen molar-refractivity contribution in [1.82, 2.24) is 29.5 Å². The second-order valence-electron chi connectivity index (χ2n) is 7.19. The molecule has 2 amide bonds. The SMILES string of the molecule is COCCn1cnc2c1c(=O)n(CC(=O)NNC(=O)CCSC)c(=O)n2Cc1ccccc1. The molecule has 0 aliphatic carbocycles. The highest BCUT2D eigenvalue weighted by molar-refractivity contribution is 7.98. The zero-order valence-electron chi connectivity index (χ0n) is 18.4. The molecule has 2 aromatic heterocycles. The van der Waals surface area contributed by atoms with E-state index in [1.807, 2.05) is 36.6 Å². The number of nitrogens with one attached hydrogen (secondary N) is 2. The number of amides is 2. The average molecular weight is 475 g/mol. The van der Waals surface area contributed by atoms with Gasteiger partial charge in [-0.25, -0.2) is 14.3 Å². The van der Waals surface area contributed by atoms with Crippen molar-refractivity contribution in [3.05, 3.63) is 63.1 Å². The highest BCUT2D eigenvalue weighted by atomic mass is 32.2. The molecule has 2 N–H and O–H groups in total. The van der Waals surface area contributed by atoms with Crippen LogP contribution in [0.25, 0.3) is 11.2 Å². The van der Waals surface area contributed by atoms with Crippen LogP contribution >= 0.6 is 11.8 Å². The highest BCUT2D eigenvalue weighted by Crippen LogP contribution is 2.10. The molecule has 0 bridgehead atoms. The number of hydrogen-bond donors (Lipinski definition) is 2. The van der Waals surface area contributed by atoms with Gasteiger partial charge < -0.3 is 9.30 Å². The molecule has 0 aliphatic heterocycles. The number of rotatable bonds is 10. The number of fused-ring (bicyclic) bond motifs is 1. The van der Waals surface area contributed by atoms with Gasteiger partial charge in [-0.2, -0.15) is 11.8 Å². The molecule has 12 heteroatoms. The molecule has 11 nitrogen and oxygen atoms in total. The zero-order valence-corrected chi connectivity index (χ0v) is 19.3. The molecule has 0 unspecified atom stereocenters. The number of ether oxygens (including phenoxy) is 1. The van der Waals surface area contributed by atoms with Gasteiger partial charge in [0.2, 0.25) is 5.91 Å². The van der Waals surface area contributed by atoms with E-state index in [-0.39, 0.29) is 30.0 Å². The monoisotopic (exact) mass is 474 g/mol. The van der Waals surface area contributed by atoms with Crippen molar-refractivity contribution in [1.29, 1.82) is 0 Å². The largest absolute Gasteiger partial charge is 0.383 e. The summed E-state index contributed by atoms with van der Waals surface area (Å²) in [7, 11) is 1.54. The van der Waals surface area contributed by atoms with E-state index in [9.17, 15) is 19.2 Å². The number of hydrogen-bond acceptors (Lipinski definition) is 7. The van der Waals surface area contributed by atoms with Gasteiger partial charge in [0, 0.05) is 25.8 Å². The molecule has 0 saturated carbocycles. The molecule has 33 heavy (non-hydrogen) atoms. The van der Waals surface area contributed by atoms with Gasteiger partial charge in [-0.1, -0.05) is 30.3 Å². The third kappa shape index (κ3) is 5.90. The maximum Gasteiger partial charge on any atom is 0.333 e. The summed E-state index contributed by atoms with van der Waals surface area (Å²) in [6.45, 7) is 0.306. The van der Waals surface area contributed by atoms with Crippen LogP contribution in [-0.2, 0) is 34.0 Å². The van der Waals surface area contributed by atoms with Gasteiger partial charge in [0.25, 0.3) is 11.5 Å². The molecule has 3 aromatic rings. The fourth-order valence-electron chi connectivity index (χ4n) is 3.23. The lowest BCUT2D eigenvalue weighted by Gasteiger charge is -2.13. The maximum atomic E-state index is 13.2. The molecule has 1 aromatic carbocycles. The lowest BCUT2D eigenvalue weighted by Crippen LogP contribution is -2.48. The van der Waals surface area contributed by atoms with Crippen molar-refractivity contribution in [3.63, 3.8) is 0 Å². The van der Waals surface area contributed by atoms with Crippen LogP contribution < -0.4 is 22.1 Å². The summed E-state index contributed by atoms with van der Waals surface area (Å²) in [4.78, 5) is 54.9. The summed E-state index contributed by atoms with van der Waals surface area (Å²) in [5, 5.41) is 0. The molecule has 0 radical (unpaired) electrons. The number of hydrazine groups is 1. The highest BCUT2D eigenvalue weighted by Gasteiger charge is 2.20. The van der Waals surface area contributed by atoms with Gasteiger partial charge in [-0.15, -0.1) is 0 Å². The molecule has 176 valence electrons. The van der Waals surface area contributed by atoms with E-state index in [1.54, 1.807) is 11.7 Å². The third-order valence-corrected chi connectivity index (χ3v) is 5.49. The summed E-state index contributed by atoms with van der Waals surface area (Å²) >= 11 is 1.50. The average Bonchev–Trinajstić information content (AvgIpc) is 3.25. The minimum atomic E-state index is -0.694. The number of imidazole rings is 1. The van der Waals surface area contributed by atoms with E-state index in [1.165, 1.54) is 22.7 Å². The quantitative estimate of drug-likeness (QED) is 0.394. The molecule has 0 saturated heterocycles. The summed E-state index contributed by atoms with van der Waals surface area (Å²) < 4.78 is 8.90. The summed E-state index contributed by atoms with van der Waals surface area (Å²) in [5.74, 6) is -0.451. The van der Waals surface area contributed by atoms with E-state index in [2.05, 4.69) is 15.8 Å². The number of nitrogens with zero attached hydrogens (tertiary/aromatic N) is 4. The Morgan fingerprint density at radius 2 is 1.82 bits per heavy atom. The van der Waals surface area contributed by atoms with Crippen LogP contribution in [0.2, 0.25) is 0 Å². The van der Waals surface area contributed by atoms with Crippen LogP contribution in [0, 0.1) is 0 Å². The number of carbonyl (C=O) groups excluding carboxylic acids is 2. The molecule has 3 rings (SSSR count). The smallest absolute Gasteiger partial charge is 0.333 e. The van der Waals surface area contributed by atoms with Crippen LogP contribution in [0.4, 0.5) is 0 Å². The van der Waals surface area contributed by atoms with Gasteiger partial charge in [0.15, 0.2) is 11.2 Å². The minimum Gasteiger partial charge on any atom is -0.383 e. The number of carbonyl (C=O) groups is 2. The fraction of sp³-hybridized carbons (Fsp3) is 0.381. The molecule has 2 heterocycles. The summed E-state index contributed by atoms with van der Waals surface area (Å²) in [6, 6.07) is 9.26. The van der Waals surface area contributed by atoms with E-state index >= 15 is 0 Å². The van der Waals surface area contributed by atoms with Crippen molar-refractivity contribution in [2.24, 2.45) is 0 Å². The minimum absolute atomic E-state index is 0.171. The predicted molar refractivity (Wildman–Crippen MR) is 125 cm³/mol. The van der Waals surface area contributed by atoms with Crippen molar-refractivity contribution in [3.8, 4) is 0 Å². The number of aromatic nitrogens is 4. The number of methoxy groups -OCH3 is 1. The summed E-state index contributed by atoms with van der Waals surface area (Å²) in [6.07, 6.45) is 3.57. The van der Waals surface area contributed by atoms with Gasteiger partial charge in [0.1, 0.15) is 6.54 Å². The molecular formula is C21H26N6O5S. The van der Waals surface area contributed by atoms with Gasteiger partial charge in [-0.3, -0.25) is 29.8 Å². The van der Waals surface area contributed by atoms with Crippen molar-refractivity contribution in [2.75, 3.05) is 25.7 Å². The van der Waals surface area contributed by atoms with E-state index in [4.69, 9.17) is 4.74 Å². The number of thioether (sulfide) groups is 1. The zero-order chi connectivity index (χ0) is 23.8. The van der Waals surface area contributed by atoms with Crippen LogP contribution in [0.3, 0.4) is 0 Å². The Balaban J connectivity index is 1.97. The molecule has 0 spiro atoms. The van der Waals surface area contributed by atoms with Gasteiger partial charge in [0.05, 0.1) is 19.5 Å². The normalized spacial score (nSPS) is 11.0. The Morgan fingerprint density at radius 1 is 1.09 bits per heavy atom. The first-order valence-electron chi connectivity index (χ1n) is 10.2. The molecule has 0 aliphatic rings. The maximum absolute atomic E-state index is 13.2. The van der Waals surface area contributed by atoms with Crippen LogP contribution in [0.1, 0.15) is 12.0 Å². The topological polar surface area (TPSA) is 129 Å².